The maximum Gasteiger partial charge on any atom is 0.306 e. The van der Waals surface area contributed by atoms with Crippen molar-refractivity contribution >= 4 is 23.2 Å². The van der Waals surface area contributed by atoms with Gasteiger partial charge >= 0.3 is 5.97 Å². The molecule has 1 aromatic carbocycles. The van der Waals surface area contributed by atoms with Gasteiger partial charge < -0.3 is 9.30 Å². The number of hydrogen-bond acceptors (Lipinski definition) is 4. The van der Waals surface area contributed by atoms with Crippen molar-refractivity contribution in [3.8, 4) is 0 Å². The van der Waals surface area contributed by atoms with Gasteiger partial charge in [-0.2, -0.15) is 4.99 Å². The molecule has 3 rings (SSSR count). The summed E-state index contributed by atoms with van der Waals surface area (Å²) < 4.78 is 7.02. The van der Waals surface area contributed by atoms with Crippen LogP contribution in [0.5, 0.6) is 0 Å². The van der Waals surface area contributed by atoms with Crippen molar-refractivity contribution in [3.05, 3.63) is 51.8 Å². The van der Waals surface area contributed by atoms with E-state index < -0.39 is 5.91 Å². The number of ether oxygens (including phenoxy) is 1. The Labute approximate surface area is 157 Å². The minimum Gasteiger partial charge on any atom is -0.455 e. The summed E-state index contributed by atoms with van der Waals surface area (Å²) in [6.07, 6.45) is 6.86. The lowest BCUT2D eigenvalue weighted by atomic mass is 10.1. The van der Waals surface area contributed by atoms with Gasteiger partial charge in [0, 0.05) is 24.5 Å². The SMILES string of the molecule is Cc1ccc(Cn2ccsc2=NC(=O)COC(=O)CC2CCCC2)cc1. The summed E-state index contributed by atoms with van der Waals surface area (Å²) in [4.78, 5) is 28.6. The van der Waals surface area contributed by atoms with Gasteiger partial charge in [-0.25, -0.2) is 0 Å². The fourth-order valence-corrected chi connectivity index (χ4v) is 3.93. The van der Waals surface area contributed by atoms with Crippen molar-refractivity contribution < 1.29 is 14.3 Å². The molecule has 1 aromatic heterocycles. The quantitative estimate of drug-likeness (QED) is 0.730. The van der Waals surface area contributed by atoms with E-state index >= 15 is 0 Å². The van der Waals surface area contributed by atoms with Crippen LogP contribution in [0.2, 0.25) is 0 Å². The number of carbonyl (C=O) groups excluding carboxylic acids is 2. The van der Waals surface area contributed by atoms with E-state index in [1.165, 1.54) is 29.7 Å². The van der Waals surface area contributed by atoms with Crippen LogP contribution in [0.25, 0.3) is 0 Å². The number of carbonyl (C=O) groups is 2. The van der Waals surface area contributed by atoms with Crippen molar-refractivity contribution in [2.45, 2.75) is 45.6 Å². The minimum absolute atomic E-state index is 0.284. The Bertz CT molecular complexity index is 814. The Morgan fingerprint density at radius 3 is 2.69 bits per heavy atom. The lowest BCUT2D eigenvalue weighted by Gasteiger charge is -2.07. The van der Waals surface area contributed by atoms with Gasteiger partial charge in [0.05, 0.1) is 0 Å². The first-order chi connectivity index (χ1) is 12.6. The summed E-state index contributed by atoms with van der Waals surface area (Å²) in [5.41, 5.74) is 2.36. The fourth-order valence-electron chi connectivity index (χ4n) is 3.19. The average molecular weight is 372 g/mol. The zero-order valence-corrected chi connectivity index (χ0v) is 15.8. The van der Waals surface area contributed by atoms with Crippen LogP contribution in [0.1, 0.15) is 43.2 Å². The van der Waals surface area contributed by atoms with Crippen molar-refractivity contribution in [1.82, 2.24) is 4.57 Å². The highest BCUT2D eigenvalue weighted by Gasteiger charge is 2.19. The third-order valence-electron chi connectivity index (χ3n) is 4.64. The van der Waals surface area contributed by atoms with Gasteiger partial charge in [-0.05, 0) is 31.2 Å². The first-order valence-corrected chi connectivity index (χ1v) is 9.91. The van der Waals surface area contributed by atoms with Crippen molar-refractivity contribution in [2.75, 3.05) is 6.61 Å². The van der Waals surface area contributed by atoms with Gasteiger partial charge in [-0.15, -0.1) is 11.3 Å². The summed E-state index contributed by atoms with van der Waals surface area (Å²) in [6.45, 7) is 2.42. The van der Waals surface area contributed by atoms with E-state index in [0.29, 0.717) is 23.7 Å². The summed E-state index contributed by atoms with van der Waals surface area (Å²) in [6, 6.07) is 8.26. The molecule has 0 unspecified atom stereocenters. The molecule has 0 bridgehead atoms. The zero-order chi connectivity index (χ0) is 18.4. The fraction of sp³-hybridized carbons (Fsp3) is 0.450. The van der Waals surface area contributed by atoms with Gasteiger partial charge in [-0.1, -0.05) is 42.7 Å². The molecule has 5 nitrogen and oxygen atoms in total. The molecule has 0 aliphatic heterocycles. The maximum atomic E-state index is 12.1. The smallest absolute Gasteiger partial charge is 0.306 e. The molecule has 1 aliphatic carbocycles. The van der Waals surface area contributed by atoms with Gasteiger partial charge in [0.15, 0.2) is 11.4 Å². The molecule has 1 saturated carbocycles. The molecule has 138 valence electrons. The van der Waals surface area contributed by atoms with E-state index in [1.54, 1.807) is 0 Å². The standard InChI is InChI=1S/C20H24N2O3S/c1-15-6-8-17(9-7-15)13-22-10-11-26-20(22)21-18(23)14-25-19(24)12-16-4-2-3-5-16/h6-11,16H,2-5,12-14H2,1H3. The van der Waals surface area contributed by atoms with Gasteiger partial charge in [0.1, 0.15) is 0 Å². The van der Waals surface area contributed by atoms with Crippen molar-refractivity contribution in [2.24, 2.45) is 10.9 Å². The van der Waals surface area contributed by atoms with Gasteiger partial charge in [0.25, 0.3) is 5.91 Å². The Balaban J connectivity index is 1.55. The van der Waals surface area contributed by atoms with Crippen LogP contribution in [0.3, 0.4) is 0 Å². The topological polar surface area (TPSA) is 60.7 Å². The maximum absolute atomic E-state index is 12.1. The molecule has 0 saturated heterocycles. The molecule has 1 fully saturated rings. The summed E-state index contributed by atoms with van der Waals surface area (Å²) >= 11 is 1.40. The van der Waals surface area contributed by atoms with Crippen molar-refractivity contribution in [1.29, 1.82) is 0 Å². The highest BCUT2D eigenvalue weighted by molar-refractivity contribution is 7.07. The van der Waals surface area contributed by atoms with Crippen LogP contribution in [-0.2, 0) is 20.9 Å². The first-order valence-electron chi connectivity index (χ1n) is 9.03. The molecular weight excluding hydrogens is 348 g/mol. The molecule has 1 aliphatic rings. The number of aromatic nitrogens is 1. The van der Waals surface area contributed by atoms with E-state index in [4.69, 9.17) is 4.74 Å². The molecule has 0 radical (unpaired) electrons. The third kappa shape index (κ3) is 5.39. The number of aryl methyl sites for hydroxylation is 1. The molecule has 1 heterocycles. The second-order valence-electron chi connectivity index (χ2n) is 6.82. The second-order valence-corrected chi connectivity index (χ2v) is 7.69. The van der Waals surface area contributed by atoms with Gasteiger partial charge in [-0.3, -0.25) is 9.59 Å². The number of benzene rings is 1. The van der Waals surface area contributed by atoms with Crippen LogP contribution in [0, 0.1) is 12.8 Å². The summed E-state index contributed by atoms with van der Waals surface area (Å²) in [7, 11) is 0. The van der Waals surface area contributed by atoms with Crippen LogP contribution < -0.4 is 4.80 Å². The number of amides is 1. The monoisotopic (exact) mass is 372 g/mol. The number of thiazole rings is 1. The highest BCUT2D eigenvalue weighted by Crippen LogP contribution is 2.27. The second kappa shape index (κ2) is 8.94. The zero-order valence-electron chi connectivity index (χ0n) is 15.0. The van der Waals surface area contributed by atoms with E-state index in [9.17, 15) is 9.59 Å². The van der Waals surface area contributed by atoms with Crippen LogP contribution in [0.15, 0.2) is 40.8 Å². The largest absolute Gasteiger partial charge is 0.455 e. The summed E-state index contributed by atoms with van der Waals surface area (Å²) in [5.74, 6) is -0.299. The average Bonchev–Trinajstić information content (AvgIpc) is 3.28. The predicted molar refractivity (Wildman–Crippen MR) is 101 cm³/mol. The summed E-state index contributed by atoms with van der Waals surface area (Å²) in [5, 5.41) is 1.90. The van der Waals surface area contributed by atoms with Gasteiger partial charge in [0.2, 0.25) is 0 Å². The predicted octanol–water partition coefficient (Wildman–Crippen LogP) is 3.46. The van der Waals surface area contributed by atoms with E-state index in [1.807, 2.05) is 16.1 Å². The Kier molecular flexibility index (Phi) is 6.39. The van der Waals surface area contributed by atoms with E-state index in [-0.39, 0.29) is 12.6 Å². The number of hydrogen-bond donors (Lipinski definition) is 0. The molecule has 1 amide bonds. The number of nitrogens with zero attached hydrogens (tertiary/aromatic N) is 2. The molecular formula is C20H24N2O3S. The van der Waals surface area contributed by atoms with Crippen molar-refractivity contribution in [3.63, 3.8) is 0 Å². The highest BCUT2D eigenvalue weighted by atomic mass is 32.1. The lowest BCUT2D eigenvalue weighted by molar-refractivity contribution is -0.148. The minimum atomic E-state index is -0.426. The number of esters is 1. The Hall–Kier alpha value is -2.21. The molecule has 26 heavy (non-hydrogen) atoms. The van der Waals surface area contributed by atoms with Crippen LogP contribution >= 0.6 is 11.3 Å². The molecule has 2 aromatic rings. The molecule has 0 spiro atoms. The third-order valence-corrected chi connectivity index (χ3v) is 5.43. The van der Waals surface area contributed by atoms with Crippen LogP contribution in [-0.4, -0.2) is 23.1 Å². The lowest BCUT2D eigenvalue weighted by Crippen LogP contribution is -2.20. The van der Waals surface area contributed by atoms with Crippen LogP contribution in [0.4, 0.5) is 0 Å². The normalized spacial score (nSPS) is 15.3. The number of rotatable bonds is 6. The molecule has 0 atom stereocenters. The Morgan fingerprint density at radius 1 is 1.23 bits per heavy atom. The van der Waals surface area contributed by atoms with E-state index in [0.717, 1.165) is 18.4 Å². The molecule has 6 heteroatoms. The van der Waals surface area contributed by atoms with E-state index in [2.05, 4.69) is 36.2 Å². The first kappa shape index (κ1) is 18.6. The molecule has 0 N–H and O–H groups in total. The Morgan fingerprint density at radius 2 is 1.96 bits per heavy atom.